The van der Waals surface area contributed by atoms with Crippen molar-refractivity contribution in [1.29, 1.82) is 0 Å². The van der Waals surface area contributed by atoms with E-state index in [0.29, 0.717) is 11.3 Å². The molecule has 1 fully saturated rings. The van der Waals surface area contributed by atoms with E-state index >= 15 is 0 Å². The Morgan fingerprint density at radius 2 is 2.15 bits per heavy atom. The van der Waals surface area contributed by atoms with Gasteiger partial charge in [-0.2, -0.15) is 0 Å². The zero-order valence-electron chi connectivity index (χ0n) is 14.0. The van der Waals surface area contributed by atoms with Crippen LogP contribution in [0.4, 0.5) is 0 Å². The van der Waals surface area contributed by atoms with Crippen molar-refractivity contribution in [3.8, 4) is 0 Å². The first-order valence-corrected chi connectivity index (χ1v) is 9.88. The van der Waals surface area contributed by atoms with Gasteiger partial charge in [0.2, 0.25) is 5.91 Å². The number of esters is 1. The van der Waals surface area contributed by atoms with Crippen molar-refractivity contribution in [2.24, 2.45) is 5.92 Å². The Balaban J connectivity index is 1.69. The third-order valence-corrected chi connectivity index (χ3v) is 6.48. The zero-order valence-corrected chi connectivity index (χ0v) is 15.6. The van der Waals surface area contributed by atoms with Crippen LogP contribution in [0, 0.1) is 5.92 Å². The largest absolute Gasteiger partial charge is 0.477 e. The quantitative estimate of drug-likeness (QED) is 0.554. The van der Waals surface area contributed by atoms with Crippen LogP contribution in [-0.4, -0.2) is 51.4 Å². The van der Waals surface area contributed by atoms with Crippen LogP contribution >= 0.6 is 23.1 Å². The number of ether oxygens (including phenoxy) is 1. The summed E-state index contributed by atoms with van der Waals surface area (Å²) in [5.41, 5.74) is 0.271. The molecule has 9 heteroatoms. The standard InChI is InChI=1S/C17H17NO6S2/c1-9(19)24-7-10-8-26-16-13(15(21)18(16)14(10)17(22)23)6-11(20)5-12-3-2-4-25-12/h2-4,13,16H,5-8H2,1H3,(H,22,23)/t13-,16-/m1/s1. The van der Waals surface area contributed by atoms with E-state index in [0.717, 1.165) is 4.88 Å². The molecule has 0 bridgehead atoms. The van der Waals surface area contributed by atoms with Crippen LogP contribution in [0.5, 0.6) is 0 Å². The Kier molecular flexibility index (Phi) is 5.47. The highest BCUT2D eigenvalue weighted by molar-refractivity contribution is 8.00. The van der Waals surface area contributed by atoms with Crippen molar-refractivity contribution < 1.29 is 29.0 Å². The first-order valence-electron chi connectivity index (χ1n) is 7.96. The summed E-state index contributed by atoms with van der Waals surface area (Å²) in [4.78, 5) is 49.5. The van der Waals surface area contributed by atoms with Crippen molar-refractivity contribution in [2.75, 3.05) is 12.4 Å². The van der Waals surface area contributed by atoms with Crippen molar-refractivity contribution in [3.63, 3.8) is 0 Å². The molecule has 1 aromatic rings. The van der Waals surface area contributed by atoms with Crippen molar-refractivity contribution >= 4 is 46.7 Å². The van der Waals surface area contributed by atoms with Gasteiger partial charge in [-0.3, -0.25) is 19.3 Å². The van der Waals surface area contributed by atoms with Gasteiger partial charge in [0.05, 0.1) is 11.3 Å². The van der Waals surface area contributed by atoms with Crippen LogP contribution in [0.2, 0.25) is 0 Å². The van der Waals surface area contributed by atoms with Gasteiger partial charge in [-0.05, 0) is 11.4 Å². The predicted octanol–water partition coefficient (Wildman–Crippen LogP) is 1.68. The highest BCUT2D eigenvalue weighted by Gasteiger charge is 2.53. The Labute approximate surface area is 158 Å². The number of carboxylic acid groups (broad SMARTS) is 1. The van der Waals surface area contributed by atoms with Crippen LogP contribution in [0.1, 0.15) is 18.2 Å². The lowest BCUT2D eigenvalue weighted by atomic mass is 9.89. The minimum atomic E-state index is -1.23. The summed E-state index contributed by atoms with van der Waals surface area (Å²) in [6.45, 7) is 1.09. The van der Waals surface area contributed by atoms with E-state index in [1.165, 1.54) is 34.9 Å². The molecule has 2 atom stereocenters. The lowest BCUT2D eigenvalue weighted by molar-refractivity contribution is -0.154. The smallest absolute Gasteiger partial charge is 0.352 e. The van der Waals surface area contributed by atoms with E-state index < -0.39 is 17.9 Å². The molecule has 0 aromatic carbocycles. The molecule has 0 unspecified atom stereocenters. The lowest BCUT2D eigenvalue weighted by Crippen LogP contribution is -2.62. The molecule has 3 rings (SSSR count). The number of amides is 1. The van der Waals surface area contributed by atoms with Gasteiger partial charge >= 0.3 is 11.9 Å². The molecule has 1 aromatic heterocycles. The molecule has 26 heavy (non-hydrogen) atoms. The summed E-state index contributed by atoms with van der Waals surface area (Å²) in [7, 11) is 0. The molecular weight excluding hydrogens is 378 g/mol. The average molecular weight is 395 g/mol. The van der Waals surface area contributed by atoms with Crippen LogP contribution in [-0.2, 0) is 30.3 Å². The molecule has 0 radical (unpaired) electrons. The zero-order chi connectivity index (χ0) is 18.8. The summed E-state index contributed by atoms with van der Waals surface area (Å²) in [5, 5.41) is 11.0. The predicted molar refractivity (Wildman–Crippen MR) is 95.5 cm³/mol. The number of ketones is 1. The molecule has 2 aliphatic rings. The van der Waals surface area contributed by atoms with Gasteiger partial charge in [-0.1, -0.05) is 6.07 Å². The maximum Gasteiger partial charge on any atom is 0.352 e. The van der Waals surface area contributed by atoms with E-state index in [9.17, 15) is 24.3 Å². The molecule has 1 amide bonds. The molecule has 0 aliphatic carbocycles. The SMILES string of the molecule is CC(=O)OCC1=C(C(=O)O)N2C(=O)[C@@H](CC(=O)Cc3cccs3)[C@H]2SC1. The Hall–Kier alpha value is -2.13. The molecule has 7 nitrogen and oxygen atoms in total. The van der Waals surface area contributed by atoms with E-state index in [-0.39, 0.29) is 42.2 Å². The summed E-state index contributed by atoms with van der Waals surface area (Å²) >= 11 is 2.89. The molecule has 0 spiro atoms. The number of carbonyl (C=O) groups is 4. The van der Waals surface area contributed by atoms with Gasteiger partial charge in [0.15, 0.2) is 0 Å². The number of aliphatic carboxylic acids is 1. The van der Waals surface area contributed by atoms with Crippen molar-refractivity contribution in [3.05, 3.63) is 33.7 Å². The number of carbonyl (C=O) groups excluding carboxylic acids is 3. The monoisotopic (exact) mass is 395 g/mol. The number of nitrogens with zero attached hydrogens (tertiary/aromatic N) is 1. The molecule has 138 valence electrons. The van der Waals surface area contributed by atoms with Gasteiger partial charge in [0.25, 0.3) is 0 Å². The van der Waals surface area contributed by atoms with Gasteiger partial charge < -0.3 is 9.84 Å². The highest BCUT2D eigenvalue weighted by atomic mass is 32.2. The Morgan fingerprint density at radius 1 is 1.38 bits per heavy atom. The first-order chi connectivity index (χ1) is 12.4. The number of hydrogen-bond donors (Lipinski definition) is 1. The number of thioether (sulfide) groups is 1. The lowest BCUT2D eigenvalue weighted by Gasteiger charge is -2.49. The van der Waals surface area contributed by atoms with Gasteiger partial charge in [0.1, 0.15) is 18.1 Å². The number of fused-ring (bicyclic) bond motifs is 1. The van der Waals surface area contributed by atoms with Crippen LogP contribution in [0.3, 0.4) is 0 Å². The third kappa shape index (κ3) is 3.68. The fourth-order valence-corrected chi connectivity index (χ4v) is 5.17. The average Bonchev–Trinajstić information content (AvgIpc) is 3.09. The molecule has 0 saturated carbocycles. The van der Waals surface area contributed by atoms with E-state index in [2.05, 4.69) is 0 Å². The fourth-order valence-electron chi connectivity index (χ4n) is 3.04. The normalized spacial score (nSPS) is 21.9. The van der Waals surface area contributed by atoms with Gasteiger partial charge in [-0.15, -0.1) is 23.1 Å². The summed E-state index contributed by atoms with van der Waals surface area (Å²) in [6.07, 6.45) is 0.398. The molecule has 1 N–H and O–H groups in total. The number of hydrogen-bond acceptors (Lipinski definition) is 7. The van der Waals surface area contributed by atoms with E-state index in [1.54, 1.807) is 0 Å². The summed E-state index contributed by atoms with van der Waals surface area (Å²) in [5.74, 6) is -2.29. The molecule has 2 aliphatic heterocycles. The third-order valence-electron chi connectivity index (χ3n) is 4.21. The second-order valence-corrected chi connectivity index (χ2v) is 8.19. The minimum Gasteiger partial charge on any atom is -0.477 e. The van der Waals surface area contributed by atoms with Gasteiger partial charge in [-0.25, -0.2) is 4.79 Å². The minimum absolute atomic E-state index is 0.0300. The maximum absolute atomic E-state index is 12.5. The Bertz CT molecular complexity index is 785. The first kappa shape index (κ1) is 18.7. The van der Waals surface area contributed by atoms with Crippen LogP contribution in [0.15, 0.2) is 28.8 Å². The molecular formula is C17H17NO6S2. The molecule has 1 saturated heterocycles. The number of thiophene rings is 1. The number of Topliss-reactive ketones (excluding diaryl/α,β-unsaturated/α-hetero) is 1. The van der Waals surface area contributed by atoms with Gasteiger partial charge in [0, 0.05) is 36.0 Å². The second kappa shape index (κ2) is 7.63. The summed E-state index contributed by atoms with van der Waals surface area (Å²) in [6, 6.07) is 3.74. The number of carboxylic acids is 1. The number of β-lactam (4-membered cyclic amide) rings is 1. The van der Waals surface area contributed by atoms with Crippen LogP contribution < -0.4 is 0 Å². The fraction of sp³-hybridized carbons (Fsp3) is 0.412. The second-order valence-electron chi connectivity index (χ2n) is 6.05. The Morgan fingerprint density at radius 3 is 2.77 bits per heavy atom. The maximum atomic E-state index is 12.5. The number of rotatable bonds is 7. The van der Waals surface area contributed by atoms with E-state index in [4.69, 9.17) is 4.74 Å². The van der Waals surface area contributed by atoms with Crippen molar-refractivity contribution in [1.82, 2.24) is 4.90 Å². The van der Waals surface area contributed by atoms with Crippen LogP contribution in [0.25, 0.3) is 0 Å². The van der Waals surface area contributed by atoms with E-state index in [1.807, 2.05) is 17.5 Å². The van der Waals surface area contributed by atoms with Crippen molar-refractivity contribution in [2.45, 2.75) is 25.1 Å². The molecule has 3 heterocycles. The topological polar surface area (TPSA) is 101 Å². The highest BCUT2D eigenvalue weighted by Crippen LogP contribution is 2.45. The summed E-state index contributed by atoms with van der Waals surface area (Å²) < 4.78 is 4.89.